The molecule has 0 saturated heterocycles. The van der Waals surface area contributed by atoms with Gasteiger partial charge in [0.2, 0.25) is 0 Å². The number of aryl methyl sites for hydroxylation is 1. The Morgan fingerprint density at radius 3 is 2.92 bits per heavy atom. The topological polar surface area (TPSA) is 116 Å². The third-order valence-electron chi connectivity index (χ3n) is 4.47. The molecule has 1 aliphatic carbocycles. The summed E-state index contributed by atoms with van der Waals surface area (Å²) in [7, 11) is 0. The van der Waals surface area contributed by atoms with Crippen LogP contribution in [0.4, 0.5) is 11.4 Å². The highest BCUT2D eigenvalue weighted by Crippen LogP contribution is 2.32. The summed E-state index contributed by atoms with van der Waals surface area (Å²) in [6.45, 7) is 4.08. The number of nitrogens with zero attached hydrogens (tertiary/aromatic N) is 3. The number of nitrogens with two attached hydrogens (primary N) is 1. The normalized spacial score (nSPS) is 16.5. The van der Waals surface area contributed by atoms with Crippen molar-refractivity contribution in [1.29, 1.82) is 0 Å². The third kappa shape index (κ3) is 3.19. The summed E-state index contributed by atoms with van der Waals surface area (Å²) in [5, 5.41) is 18.4. The molecular formula is C17H21N5O3. The van der Waals surface area contributed by atoms with Gasteiger partial charge in [-0.05, 0) is 44.7 Å². The van der Waals surface area contributed by atoms with E-state index in [0.29, 0.717) is 0 Å². The van der Waals surface area contributed by atoms with E-state index in [2.05, 4.69) is 10.4 Å². The lowest BCUT2D eigenvalue weighted by molar-refractivity contribution is -0.384. The Bertz CT molecular complexity index is 828. The van der Waals surface area contributed by atoms with Gasteiger partial charge in [0.1, 0.15) is 0 Å². The van der Waals surface area contributed by atoms with E-state index in [-0.39, 0.29) is 29.0 Å². The first kappa shape index (κ1) is 16.9. The first-order chi connectivity index (χ1) is 11.9. The van der Waals surface area contributed by atoms with E-state index >= 15 is 0 Å². The number of aromatic nitrogens is 2. The summed E-state index contributed by atoms with van der Waals surface area (Å²) in [6, 6.07) is 3.90. The van der Waals surface area contributed by atoms with Gasteiger partial charge in [-0.3, -0.25) is 19.6 Å². The first-order valence-electron chi connectivity index (χ1n) is 8.29. The fourth-order valence-corrected chi connectivity index (χ4v) is 3.26. The predicted octanol–water partition coefficient (Wildman–Crippen LogP) is 2.76. The van der Waals surface area contributed by atoms with Crippen LogP contribution in [0, 0.1) is 10.1 Å². The Morgan fingerprint density at radius 1 is 1.48 bits per heavy atom. The van der Waals surface area contributed by atoms with E-state index in [9.17, 15) is 14.9 Å². The molecule has 0 radical (unpaired) electrons. The zero-order valence-electron chi connectivity index (χ0n) is 14.2. The van der Waals surface area contributed by atoms with Crippen LogP contribution in [0.1, 0.15) is 60.4 Å². The van der Waals surface area contributed by atoms with E-state index in [4.69, 9.17) is 5.73 Å². The molecule has 1 aromatic carbocycles. The number of nitrogens with one attached hydrogen (secondary N) is 1. The largest absolute Gasteiger partial charge is 0.398 e. The monoisotopic (exact) mass is 343 g/mol. The van der Waals surface area contributed by atoms with E-state index < -0.39 is 10.8 Å². The van der Waals surface area contributed by atoms with Crippen molar-refractivity contribution in [3.63, 3.8) is 0 Å². The van der Waals surface area contributed by atoms with Gasteiger partial charge in [0.25, 0.3) is 11.6 Å². The van der Waals surface area contributed by atoms with Gasteiger partial charge in [-0.15, -0.1) is 0 Å². The second-order valence-corrected chi connectivity index (χ2v) is 6.54. The number of non-ortho nitro benzene ring substituents is 1. The zero-order valence-corrected chi connectivity index (χ0v) is 14.2. The molecule has 3 N–H and O–H groups in total. The summed E-state index contributed by atoms with van der Waals surface area (Å²) in [6.07, 6.45) is 4.54. The first-order valence-corrected chi connectivity index (χ1v) is 8.29. The third-order valence-corrected chi connectivity index (χ3v) is 4.47. The van der Waals surface area contributed by atoms with Gasteiger partial charge in [-0.2, -0.15) is 5.10 Å². The molecule has 1 aliphatic rings. The highest BCUT2D eigenvalue weighted by Gasteiger charge is 2.28. The number of nitro benzene ring substituents is 1. The van der Waals surface area contributed by atoms with E-state index in [1.54, 1.807) is 0 Å². The lowest BCUT2D eigenvalue weighted by atomic mass is 9.93. The van der Waals surface area contributed by atoms with E-state index in [1.165, 1.54) is 18.2 Å². The number of nitro groups is 1. The quantitative estimate of drug-likeness (QED) is 0.503. The average Bonchev–Trinajstić information content (AvgIpc) is 3.00. The van der Waals surface area contributed by atoms with Gasteiger partial charge in [0.05, 0.1) is 28.4 Å². The summed E-state index contributed by atoms with van der Waals surface area (Å²) < 4.78 is 1.93. The Kier molecular flexibility index (Phi) is 4.43. The fourth-order valence-electron chi connectivity index (χ4n) is 3.26. The van der Waals surface area contributed by atoms with Crippen molar-refractivity contribution in [2.24, 2.45) is 0 Å². The fraction of sp³-hybridized carbons (Fsp3) is 0.412. The maximum Gasteiger partial charge on any atom is 0.270 e. The summed E-state index contributed by atoms with van der Waals surface area (Å²) in [5.41, 5.74) is 8.18. The van der Waals surface area contributed by atoms with Gasteiger partial charge in [-0.25, -0.2) is 0 Å². The van der Waals surface area contributed by atoms with Gasteiger partial charge >= 0.3 is 0 Å². The van der Waals surface area contributed by atoms with Crippen LogP contribution < -0.4 is 11.1 Å². The molecular weight excluding hydrogens is 322 g/mol. The molecule has 8 nitrogen and oxygen atoms in total. The lowest BCUT2D eigenvalue weighted by Gasteiger charge is -2.26. The smallest absolute Gasteiger partial charge is 0.270 e. The average molecular weight is 343 g/mol. The number of fused-ring (bicyclic) bond motifs is 1. The second kappa shape index (κ2) is 6.54. The molecule has 8 heteroatoms. The van der Waals surface area contributed by atoms with Gasteiger partial charge in [0.15, 0.2) is 0 Å². The molecule has 1 unspecified atom stereocenters. The van der Waals surface area contributed by atoms with Crippen molar-refractivity contribution in [3.05, 3.63) is 51.3 Å². The molecule has 0 bridgehead atoms. The van der Waals surface area contributed by atoms with Crippen molar-refractivity contribution in [3.8, 4) is 0 Å². The summed E-state index contributed by atoms with van der Waals surface area (Å²) in [4.78, 5) is 23.1. The Balaban J connectivity index is 1.90. The van der Waals surface area contributed by atoms with Crippen LogP contribution in [-0.4, -0.2) is 20.6 Å². The summed E-state index contributed by atoms with van der Waals surface area (Å²) in [5.74, 6) is -0.407. The highest BCUT2D eigenvalue weighted by molar-refractivity contribution is 6.00. The van der Waals surface area contributed by atoms with Crippen LogP contribution in [0.3, 0.4) is 0 Å². The maximum atomic E-state index is 12.7. The highest BCUT2D eigenvalue weighted by atomic mass is 16.6. The van der Waals surface area contributed by atoms with Crippen molar-refractivity contribution < 1.29 is 9.72 Å². The van der Waals surface area contributed by atoms with Crippen molar-refractivity contribution in [1.82, 2.24) is 15.1 Å². The number of hydrogen-bond acceptors (Lipinski definition) is 5. The minimum Gasteiger partial charge on any atom is -0.398 e. The van der Waals surface area contributed by atoms with Crippen LogP contribution in [0.2, 0.25) is 0 Å². The number of carbonyl (C=O) groups is 1. The van der Waals surface area contributed by atoms with Crippen molar-refractivity contribution >= 4 is 17.3 Å². The van der Waals surface area contributed by atoms with Crippen LogP contribution in [0.5, 0.6) is 0 Å². The maximum absolute atomic E-state index is 12.7. The number of amides is 1. The molecule has 0 fully saturated rings. The lowest BCUT2D eigenvalue weighted by Crippen LogP contribution is -2.33. The molecule has 2 aromatic rings. The molecule has 1 atom stereocenters. The zero-order chi connectivity index (χ0) is 18.1. The molecule has 1 amide bonds. The predicted molar refractivity (Wildman–Crippen MR) is 93.3 cm³/mol. The number of rotatable bonds is 4. The van der Waals surface area contributed by atoms with Crippen LogP contribution >= 0.6 is 0 Å². The standard InChI is InChI=1S/C17H21N5O3/c1-10(2)21-16-11(9-19-21)4-3-5-15(16)20-17(23)13-8-12(22(24)25)6-7-14(13)18/h6-10,15H,3-5,18H2,1-2H3,(H,20,23). The summed E-state index contributed by atoms with van der Waals surface area (Å²) >= 11 is 0. The minimum atomic E-state index is -0.539. The van der Waals surface area contributed by atoms with Gasteiger partial charge < -0.3 is 11.1 Å². The SMILES string of the molecule is CC(C)n1ncc2c1C(NC(=O)c1cc([N+](=O)[O-])ccc1N)CCC2. The number of carbonyl (C=O) groups excluding carboxylic acids is 1. The molecule has 0 aliphatic heterocycles. The molecule has 3 rings (SSSR count). The number of anilines is 1. The Labute approximate surface area is 145 Å². The minimum absolute atomic E-state index is 0.122. The van der Waals surface area contributed by atoms with Gasteiger partial charge in [-0.1, -0.05) is 0 Å². The molecule has 0 spiro atoms. The second-order valence-electron chi connectivity index (χ2n) is 6.54. The Morgan fingerprint density at radius 2 is 2.24 bits per heavy atom. The molecule has 1 aromatic heterocycles. The van der Waals surface area contributed by atoms with Crippen LogP contribution in [-0.2, 0) is 6.42 Å². The number of hydrogen-bond donors (Lipinski definition) is 2. The van der Waals surface area contributed by atoms with Gasteiger partial charge in [0, 0.05) is 23.9 Å². The molecule has 132 valence electrons. The van der Waals surface area contributed by atoms with Crippen molar-refractivity contribution in [2.75, 3.05) is 5.73 Å². The van der Waals surface area contributed by atoms with Crippen LogP contribution in [0.15, 0.2) is 24.4 Å². The molecule has 25 heavy (non-hydrogen) atoms. The van der Waals surface area contributed by atoms with E-state index in [1.807, 2.05) is 24.7 Å². The van der Waals surface area contributed by atoms with E-state index in [0.717, 1.165) is 30.5 Å². The molecule has 1 heterocycles. The molecule has 0 saturated carbocycles. The number of nitrogen functional groups attached to an aromatic ring is 1. The van der Waals surface area contributed by atoms with Crippen molar-refractivity contribution in [2.45, 2.75) is 45.2 Å². The Hall–Kier alpha value is -2.90. The number of benzene rings is 1. The van der Waals surface area contributed by atoms with Crippen LogP contribution in [0.25, 0.3) is 0 Å².